The van der Waals surface area contributed by atoms with Gasteiger partial charge in [0.2, 0.25) is 0 Å². The lowest BCUT2D eigenvalue weighted by atomic mass is 9.93. The summed E-state index contributed by atoms with van der Waals surface area (Å²) in [5.74, 6) is -3.94. The lowest BCUT2D eigenvalue weighted by molar-refractivity contribution is -0.160. The molecule has 152 valence electrons. The van der Waals surface area contributed by atoms with Crippen LogP contribution in [0.2, 0.25) is 5.02 Å². The number of ether oxygens (including phenoxy) is 1. The van der Waals surface area contributed by atoms with Crippen molar-refractivity contribution < 1.29 is 19.4 Å². The normalized spacial score (nSPS) is 14.5. The van der Waals surface area contributed by atoms with Crippen molar-refractivity contribution in [1.82, 2.24) is 0 Å². The van der Waals surface area contributed by atoms with Gasteiger partial charge in [-0.05, 0) is 33.9 Å². The molecule has 0 heterocycles. The van der Waals surface area contributed by atoms with Crippen molar-refractivity contribution in [3.8, 4) is 11.1 Å². The van der Waals surface area contributed by atoms with Crippen LogP contribution in [0.25, 0.3) is 11.1 Å². The summed E-state index contributed by atoms with van der Waals surface area (Å²) in [5.41, 5.74) is 10.8. The summed E-state index contributed by atoms with van der Waals surface area (Å²) in [6, 6.07) is 21.4. The van der Waals surface area contributed by atoms with Gasteiger partial charge in [-0.25, -0.2) is 0 Å². The number of carbonyl (C=O) groups is 2. The monoisotopic (exact) mass is 421 g/mol. The van der Waals surface area contributed by atoms with Gasteiger partial charge < -0.3 is 15.6 Å². The van der Waals surface area contributed by atoms with E-state index in [1.54, 1.807) is 24.3 Å². The molecule has 3 aromatic carbocycles. The second-order valence-corrected chi connectivity index (χ2v) is 7.63. The van der Waals surface area contributed by atoms with E-state index < -0.39 is 23.9 Å². The van der Waals surface area contributed by atoms with Crippen LogP contribution in [0.4, 0.5) is 0 Å². The minimum atomic E-state index is -1.56. The molecule has 6 heteroatoms. The Morgan fingerprint density at radius 3 is 2.03 bits per heavy atom. The van der Waals surface area contributed by atoms with Crippen molar-refractivity contribution in [2.45, 2.75) is 12.0 Å². The third-order valence-electron chi connectivity index (χ3n) is 5.50. The Morgan fingerprint density at radius 2 is 1.47 bits per heavy atom. The van der Waals surface area contributed by atoms with Crippen molar-refractivity contribution in [3.05, 3.63) is 94.5 Å². The van der Waals surface area contributed by atoms with E-state index in [0.29, 0.717) is 10.6 Å². The van der Waals surface area contributed by atoms with Crippen molar-refractivity contribution in [2.75, 3.05) is 6.61 Å². The molecule has 4 rings (SSSR count). The zero-order valence-corrected chi connectivity index (χ0v) is 16.8. The maximum absolute atomic E-state index is 12.8. The van der Waals surface area contributed by atoms with Gasteiger partial charge in [-0.2, -0.15) is 0 Å². The molecule has 2 atom stereocenters. The summed E-state index contributed by atoms with van der Waals surface area (Å²) < 4.78 is 5.50. The number of carboxylic acids is 1. The topological polar surface area (TPSA) is 89.6 Å². The second kappa shape index (κ2) is 8.30. The Balaban J connectivity index is 1.56. The van der Waals surface area contributed by atoms with Gasteiger partial charge in [0.15, 0.2) is 5.92 Å². The quantitative estimate of drug-likeness (QED) is 0.455. The van der Waals surface area contributed by atoms with Crippen molar-refractivity contribution >= 4 is 23.5 Å². The number of nitrogens with two attached hydrogens (primary N) is 1. The van der Waals surface area contributed by atoms with Crippen LogP contribution in [0.3, 0.4) is 0 Å². The van der Waals surface area contributed by atoms with Crippen LogP contribution in [-0.2, 0) is 14.3 Å². The zero-order valence-electron chi connectivity index (χ0n) is 16.0. The van der Waals surface area contributed by atoms with E-state index in [4.69, 9.17) is 22.1 Å². The van der Waals surface area contributed by atoms with E-state index in [0.717, 1.165) is 22.3 Å². The molecule has 5 nitrogen and oxygen atoms in total. The first-order valence-electron chi connectivity index (χ1n) is 9.56. The van der Waals surface area contributed by atoms with Crippen LogP contribution in [-0.4, -0.2) is 23.7 Å². The summed E-state index contributed by atoms with van der Waals surface area (Å²) in [7, 11) is 0. The van der Waals surface area contributed by atoms with E-state index in [1.807, 2.05) is 48.5 Å². The van der Waals surface area contributed by atoms with E-state index in [2.05, 4.69) is 0 Å². The van der Waals surface area contributed by atoms with E-state index in [1.165, 1.54) is 0 Å². The Kier molecular flexibility index (Phi) is 5.57. The molecule has 1 unspecified atom stereocenters. The fourth-order valence-electron chi connectivity index (χ4n) is 4.02. The molecule has 30 heavy (non-hydrogen) atoms. The number of carboxylic acid groups (broad SMARTS) is 1. The summed E-state index contributed by atoms with van der Waals surface area (Å²) in [4.78, 5) is 24.6. The first kappa shape index (κ1) is 20.1. The Morgan fingerprint density at radius 1 is 0.933 bits per heavy atom. The molecule has 0 radical (unpaired) electrons. The molecular weight excluding hydrogens is 402 g/mol. The number of halogens is 1. The van der Waals surface area contributed by atoms with Crippen LogP contribution in [0.15, 0.2) is 72.8 Å². The fourth-order valence-corrected chi connectivity index (χ4v) is 4.28. The smallest absolute Gasteiger partial charge is 0.322 e. The van der Waals surface area contributed by atoms with Gasteiger partial charge in [-0.3, -0.25) is 9.59 Å². The second-order valence-electron chi connectivity index (χ2n) is 7.22. The first-order valence-corrected chi connectivity index (χ1v) is 9.94. The van der Waals surface area contributed by atoms with E-state index in [9.17, 15) is 14.7 Å². The van der Waals surface area contributed by atoms with Crippen molar-refractivity contribution in [2.24, 2.45) is 11.7 Å². The molecule has 0 bridgehead atoms. The minimum Gasteiger partial charge on any atom is -0.481 e. The predicted molar refractivity (Wildman–Crippen MR) is 114 cm³/mol. The lowest BCUT2D eigenvalue weighted by Gasteiger charge is -2.21. The number of fused-ring (bicyclic) bond motifs is 3. The summed E-state index contributed by atoms with van der Waals surface area (Å²) in [5, 5.41) is 9.96. The molecule has 0 spiro atoms. The van der Waals surface area contributed by atoms with Crippen molar-refractivity contribution in [1.29, 1.82) is 0 Å². The highest BCUT2D eigenvalue weighted by molar-refractivity contribution is 6.31. The molecule has 1 aliphatic rings. The average molecular weight is 422 g/mol. The van der Waals surface area contributed by atoms with Gasteiger partial charge in [0, 0.05) is 10.9 Å². The standard InChI is InChI=1S/C24H20ClNO4/c25-20-12-6-5-11-18(20)22(26)21(23(27)28)24(29)30-13-19-16-9-3-1-7-14(16)15-8-2-4-10-17(15)19/h1-12,19,21-22H,13,26H2,(H,27,28)/t21-,22?/m1/s1. The number of carbonyl (C=O) groups excluding carboxylic acids is 1. The highest BCUT2D eigenvalue weighted by atomic mass is 35.5. The van der Waals surface area contributed by atoms with Crippen LogP contribution in [0.1, 0.15) is 28.7 Å². The van der Waals surface area contributed by atoms with Gasteiger partial charge in [0.05, 0.1) is 6.04 Å². The van der Waals surface area contributed by atoms with Crippen LogP contribution in [0.5, 0.6) is 0 Å². The fraction of sp³-hybridized carbons (Fsp3) is 0.167. The largest absolute Gasteiger partial charge is 0.481 e. The molecule has 0 saturated heterocycles. The highest BCUT2D eigenvalue weighted by Crippen LogP contribution is 2.44. The SMILES string of the molecule is NC(c1ccccc1Cl)[C@H](C(=O)O)C(=O)OCC1c2ccccc2-c2ccccc21. The molecule has 0 saturated carbocycles. The number of hydrogen-bond acceptors (Lipinski definition) is 4. The Hall–Kier alpha value is -3.15. The maximum atomic E-state index is 12.8. The maximum Gasteiger partial charge on any atom is 0.322 e. The third-order valence-corrected chi connectivity index (χ3v) is 5.84. The van der Waals surface area contributed by atoms with E-state index >= 15 is 0 Å². The Bertz CT molecular complexity index is 1070. The van der Waals surface area contributed by atoms with Crippen LogP contribution < -0.4 is 5.73 Å². The van der Waals surface area contributed by atoms with Gasteiger partial charge in [0.1, 0.15) is 6.61 Å². The first-order chi connectivity index (χ1) is 14.5. The number of rotatable bonds is 6. The number of hydrogen-bond donors (Lipinski definition) is 2. The minimum absolute atomic E-state index is 0.0336. The molecule has 1 aliphatic carbocycles. The molecule has 0 fully saturated rings. The van der Waals surface area contributed by atoms with Crippen LogP contribution in [0, 0.1) is 5.92 Å². The Labute approximate surface area is 179 Å². The van der Waals surface area contributed by atoms with E-state index in [-0.39, 0.29) is 12.5 Å². The van der Waals surface area contributed by atoms with Gasteiger partial charge >= 0.3 is 11.9 Å². The van der Waals surface area contributed by atoms with Gasteiger partial charge in [-0.1, -0.05) is 78.3 Å². The molecule has 0 aliphatic heterocycles. The highest BCUT2D eigenvalue weighted by Gasteiger charge is 2.37. The average Bonchev–Trinajstić information content (AvgIpc) is 3.06. The van der Waals surface area contributed by atoms with Gasteiger partial charge in [0.25, 0.3) is 0 Å². The number of benzene rings is 3. The molecule has 3 N–H and O–H groups in total. The van der Waals surface area contributed by atoms with Crippen molar-refractivity contribution in [3.63, 3.8) is 0 Å². The molecular formula is C24H20ClNO4. The van der Waals surface area contributed by atoms with Crippen LogP contribution >= 0.6 is 11.6 Å². The third kappa shape index (κ3) is 3.58. The molecule has 3 aromatic rings. The number of esters is 1. The summed E-state index contributed by atoms with van der Waals surface area (Å²) in [6.07, 6.45) is 0. The summed E-state index contributed by atoms with van der Waals surface area (Å²) in [6.45, 7) is 0.0336. The van der Waals surface area contributed by atoms with Gasteiger partial charge in [-0.15, -0.1) is 0 Å². The predicted octanol–water partition coefficient (Wildman–Crippen LogP) is 4.40. The molecule has 0 aromatic heterocycles. The summed E-state index contributed by atoms with van der Waals surface area (Å²) >= 11 is 6.14. The zero-order chi connectivity index (χ0) is 21.3. The number of aliphatic carboxylic acids is 1. The molecule has 0 amide bonds. The lowest BCUT2D eigenvalue weighted by Crippen LogP contribution is -2.36.